The maximum Gasteiger partial charge on any atom is 0.230 e. The number of benzene rings is 1. The number of carbonyl (C=O) groups is 1. The monoisotopic (exact) mass is 391 g/mol. The van der Waals surface area contributed by atoms with Gasteiger partial charge in [-0.05, 0) is 55.7 Å². The highest BCUT2D eigenvalue weighted by Gasteiger charge is 2.35. The molecule has 0 N–H and O–H groups in total. The lowest BCUT2D eigenvalue weighted by Gasteiger charge is -2.29. The summed E-state index contributed by atoms with van der Waals surface area (Å²) in [7, 11) is 0. The van der Waals surface area contributed by atoms with Crippen molar-refractivity contribution in [3.8, 4) is 0 Å². The van der Waals surface area contributed by atoms with E-state index in [1.54, 1.807) is 0 Å². The minimum absolute atomic E-state index is 0.250. The molecule has 132 valence electrons. The lowest BCUT2D eigenvalue weighted by atomic mass is 9.88. The number of alkyl halides is 1. The van der Waals surface area contributed by atoms with Crippen LogP contribution in [-0.2, 0) is 17.6 Å². The van der Waals surface area contributed by atoms with E-state index in [1.165, 1.54) is 30.4 Å². The van der Waals surface area contributed by atoms with Crippen molar-refractivity contribution in [2.24, 2.45) is 11.8 Å². The maximum absolute atomic E-state index is 13.0. The number of amides is 1. The SMILES string of the molecule is CC(C)C(Br)Cc1ccc2c(c1)CC(C)N2C(=O)C1CCCCC1. The van der Waals surface area contributed by atoms with Crippen LogP contribution in [0, 0.1) is 11.8 Å². The van der Waals surface area contributed by atoms with Crippen molar-refractivity contribution in [3.05, 3.63) is 29.3 Å². The Morgan fingerprint density at radius 2 is 1.96 bits per heavy atom. The smallest absolute Gasteiger partial charge is 0.230 e. The largest absolute Gasteiger partial charge is 0.309 e. The Morgan fingerprint density at radius 1 is 1.25 bits per heavy atom. The number of fused-ring (bicyclic) bond motifs is 1. The van der Waals surface area contributed by atoms with Crippen molar-refractivity contribution in [1.82, 2.24) is 0 Å². The zero-order valence-electron chi connectivity index (χ0n) is 15.2. The van der Waals surface area contributed by atoms with Crippen molar-refractivity contribution in [2.45, 2.75) is 76.6 Å². The molecule has 0 radical (unpaired) electrons. The fourth-order valence-electron chi connectivity index (χ4n) is 4.15. The van der Waals surface area contributed by atoms with Crippen LogP contribution in [0.1, 0.15) is 64.0 Å². The molecule has 24 heavy (non-hydrogen) atoms. The normalized spacial score (nSPS) is 22.7. The summed E-state index contributed by atoms with van der Waals surface area (Å²) >= 11 is 3.79. The van der Waals surface area contributed by atoms with Crippen molar-refractivity contribution < 1.29 is 4.79 Å². The van der Waals surface area contributed by atoms with Gasteiger partial charge in [-0.15, -0.1) is 0 Å². The van der Waals surface area contributed by atoms with Gasteiger partial charge in [-0.3, -0.25) is 4.79 Å². The summed E-state index contributed by atoms with van der Waals surface area (Å²) in [6, 6.07) is 7.04. The standard InChI is InChI=1S/C21H30BrNO/c1-14(2)19(22)13-16-9-10-20-18(12-16)11-15(3)23(20)21(24)17-7-5-4-6-8-17/h9-10,12,14-15,17,19H,4-8,11,13H2,1-3H3. The summed E-state index contributed by atoms with van der Waals surface area (Å²) in [5.41, 5.74) is 3.90. The van der Waals surface area contributed by atoms with Gasteiger partial charge in [-0.2, -0.15) is 0 Å². The first-order valence-electron chi connectivity index (χ1n) is 9.56. The molecule has 3 heteroatoms. The van der Waals surface area contributed by atoms with Crippen LogP contribution >= 0.6 is 15.9 Å². The van der Waals surface area contributed by atoms with E-state index in [2.05, 4.69) is 59.8 Å². The van der Waals surface area contributed by atoms with Gasteiger partial charge >= 0.3 is 0 Å². The highest BCUT2D eigenvalue weighted by atomic mass is 79.9. The summed E-state index contributed by atoms with van der Waals surface area (Å²) in [6.07, 6.45) is 7.93. The third kappa shape index (κ3) is 3.71. The second-order valence-electron chi connectivity index (χ2n) is 8.02. The first kappa shape index (κ1) is 18.0. The summed E-state index contributed by atoms with van der Waals surface area (Å²) in [5, 5.41) is 0. The van der Waals surface area contributed by atoms with Gasteiger partial charge in [-0.1, -0.05) is 61.2 Å². The van der Waals surface area contributed by atoms with E-state index in [-0.39, 0.29) is 5.92 Å². The summed E-state index contributed by atoms with van der Waals surface area (Å²) in [4.78, 5) is 15.7. The number of hydrogen-bond donors (Lipinski definition) is 0. The van der Waals surface area contributed by atoms with Crippen LogP contribution in [0.15, 0.2) is 18.2 Å². The molecule has 0 spiro atoms. The molecular formula is C21H30BrNO. The molecule has 1 aliphatic carbocycles. The van der Waals surface area contributed by atoms with E-state index in [4.69, 9.17) is 0 Å². The van der Waals surface area contributed by atoms with E-state index in [9.17, 15) is 4.79 Å². The Morgan fingerprint density at radius 3 is 2.62 bits per heavy atom. The molecule has 0 bridgehead atoms. The molecule has 1 aromatic carbocycles. The Bertz CT molecular complexity index is 592. The predicted molar refractivity (Wildman–Crippen MR) is 105 cm³/mol. The zero-order chi connectivity index (χ0) is 17.3. The molecule has 2 atom stereocenters. The molecule has 1 fully saturated rings. The topological polar surface area (TPSA) is 20.3 Å². The number of carbonyl (C=O) groups excluding carboxylic acids is 1. The van der Waals surface area contributed by atoms with Crippen LogP contribution in [0.2, 0.25) is 0 Å². The van der Waals surface area contributed by atoms with Gasteiger partial charge in [0.05, 0.1) is 0 Å². The lowest BCUT2D eigenvalue weighted by Crippen LogP contribution is -2.40. The molecule has 2 unspecified atom stereocenters. The third-order valence-corrected chi connectivity index (χ3v) is 7.09. The molecule has 2 aliphatic rings. The predicted octanol–water partition coefficient (Wildman–Crippen LogP) is 5.51. The summed E-state index contributed by atoms with van der Waals surface area (Å²) in [6.45, 7) is 6.70. The van der Waals surface area contributed by atoms with Crippen molar-refractivity contribution in [1.29, 1.82) is 0 Å². The zero-order valence-corrected chi connectivity index (χ0v) is 16.8. The van der Waals surface area contributed by atoms with Crippen LogP contribution in [0.3, 0.4) is 0 Å². The average Bonchev–Trinajstić information content (AvgIpc) is 2.89. The van der Waals surface area contributed by atoms with Crippen LogP contribution in [-0.4, -0.2) is 16.8 Å². The van der Waals surface area contributed by atoms with Crippen LogP contribution in [0.5, 0.6) is 0 Å². The van der Waals surface area contributed by atoms with Gasteiger partial charge in [0.15, 0.2) is 0 Å². The second-order valence-corrected chi connectivity index (χ2v) is 9.20. The molecule has 1 saturated carbocycles. The van der Waals surface area contributed by atoms with Crippen molar-refractivity contribution in [3.63, 3.8) is 0 Å². The van der Waals surface area contributed by atoms with Gasteiger partial charge in [0.25, 0.3) is 0 Å². The molecule has 0 aromatic heterocycles. The fraction of sp³-hybridized carbons (Fsp3) is 0.667. The highest BCUT2D eigenvalue weighted by Crippen LogP contribution is 2.37. The number of hydrogen-bond acceptors (Lipinski definition) is 1. The number of halogens is 1. The number of nitrogens with zero attached hydrogens (tertiary/aromatic N) is 1. The van der Waals surface area contributed by atoms with E-state index in [0.717, 1.165) is 31.4 Å². The molecule has 3 rings (SSSR count). The maximum atomic E-state index is 13.0. The van der Waals surface area contributed by atoms with Crippen LogP contribution in [0.25, 0.3) is 0 Å². The minimum atomic E-state index is 0.250. The first-order chi connectivity index (χ1) is 11.5. The molecule has 1 heterocycles. The average molecular weight is 392 g/mol. The lowest BCUT2D eigenvalue weighted by molar-refractivity contribution is -0.123. The number of rotatable bonds is 4. The number of anilines is 1. The quantitative estimate of drug-likeness (QED) is 0.619. The van der Waals surface area contributed by atoms with Gasteiger partial charge in [0.2, 0.25) is 5.91 Å². The molecule has 2 nitrogen and oxygen atoms in total. The van der Waals surface area contributed by atoms with Gasteiger partial charge in [0.1, 0.15) is 0 Å². The molecule has 1 aromatic rings. The summed E-state index contributed by atoms with van der Waals surface area (Å²) in [5.74, 6) is 1.25. The Hall–Kier alpha value is -0.830. The Balaban J connectivity index is 1.77. The second kappa shape index (κ2) is 7.59. The van der Waals surface area contributed by atoms with E-state index >= 15 is 0 Å². The van der Waals surface area contributed by atoms with E-state index < -0.39 is 0 Å². The molecule has 1 aliphatic heterocycles. The van der Waals surface area contributed by atoms with Crippen LogP contribution < -0.4 is 4.90 Å². The van der Waals surface area contributed by atoms with Crippen molar-refractivity contribution >= 4 is 27.5 Å². The highest BCUT2D eigenvalue weighted by molar-refractivity contribution is 9.09. The molecule has 0 saturated heterocycles. The van der Waals surface area contributed by atoms with Gasteiger partial charge in [-0.25, -0.2) is 0 Å². The first-order valence-corrected chi connectivity index (χ1v) is 10.5. The Labute approximate surface area is 155 Å². The van der Waals surface area contributed by atoms with Gasteiger partial charge < -0.3 is 4.90 Å². The minimum Gasteiger partial charge on any atom is -0.309 e. The van der Waals surface area contributed by atoms with E-state index in [1.807, 2.05) is 0 Å². The van der Waals surface area contributed by atoms with E-state index in [0.29, 0.717) is 22.7 Å². The molecule has 1 amide bonds. The van der Waals surface area contributed by atoms with Gasteiger partial charge in [0, 0.05) is 22.5 Å². The summed E-state index contributed by atoms with van der Waals surface area (Å²) < 4.78 is 0. The third-order valence-electron chi connectivity index (χ3n) is 5.71. The molecular weight excluding hydrogens is 362 g/mol. The fourth-order valence-corrected chi connectivity index (χ4v) is 4.53. The van der Waals surface area contributed by atoms with Crippen LogP contribution in [0.4, 0.5) is 5.69 Å². The Kier molecular flexibility index (Phi) is 5.69. The van der Waals surface area contributed by atoms with Crippen molar-refractivity contribution in [2.75, 3.05) is 4.90 Å².